The van der Waals surface area contributed by atoms with Crippen LogP contribution in [-0.2, 0) is 0 Å². The first-order valence-electron chi connectivity index (χ1n) is 2.81. The van der Waals surface area contributed by atoms with Crippen LogP contribution in [0.3, 0.4) is 0 Å². The lowest BCUT2D eigenvalue weighted by atomic mass is 10.5. The van der Waals surface area contributed by atoms with Crippen molar-refractivity contribution < 1.29 is 0 Å². The van der Waals surface area contributed by atoms with E-state index >= 15 is 0 Å². The Balaban J connectivity index is 2.71. The van der Waals surface area contributed by atoms with Gasteiger partial charge in [0.1, 0.15) is 0 Å². The normalized spacial score (nSPS) is 13.7. The standard InChI is InChI=1S/C5H2BrN4O/c6-5-9-2-3(10-5)7-1-8-4(2)11/h1H,(H,7,8,11). The van der Waals surface area contributed by atoms with E-state index < -0.39 is 0 Å². The lowest BCUT2D eigenvalue weighted by Crippen LogP contribution is -2.05. The van der Waals surface area contributed by atoms with E-state index in [0.717, 1.165) is 0 Å². The molecular formula is C5H2BrN4O. The van der Waals surface area contributed by atoms with Crippen LogP contribution in [0.5, 0.6) is 0 Å². The van der Waals surface area contributed by atoms with Gasteiger partial charge in [-0.15, -0.1) is 0 Å². The second kappa shape index (κ2) is 2.16. The van der Waals surface area contributed by atoms with E-state index in [9.17, 15) is 4.79 Å². The summed E-state index contributed by atoms with van der Waals surface area (Å²) in [7, 11) is 0. The van der Waals surface area contributed by atoms with Gasteiger partial charge in [-0.1, -0.05) is 0 Å². The molecule has 0 fully saturated rings. The molecule has 11 heavy (non-hydrogen) atoms. The number of nitrogens with zero attached hydrogens (tertiary/aromatic N) is 3. The molecule has 1 aromatic rings. The fourth-order valence-corrected chi connectivity index (χ4v) is 1.12. The molecule has 0 saturated heterocycles. The highest BCUT2D eigenvalue weighted by atomic mass is 79.9. The number of H-pyrrole nitrogens is 1. The summed E-state index contributed by atoms with van der Waals surface area (Å²) in [6.45, 7) is 0. The average Bonchev–Trinajstić information content (AvgIpc) is 2.31. The van der Waals surface area contributed by atoms with Gasteiger partial charge in [0.05, 0.1) is 6.33 Å². The number of halogens is 1. The van der Waals surface area contributed by atoms with Crippen LogP contribution in [0.2, 0.25) is 0 Å². The van der Waals surface area contributed by atoms with Gasteiger partial charge in [0.2, 0.25) is 0 Å². The number of aromatic amines is 1. The Bertz CT molecular complexity index is 382. The highest BCUT2D eigenvalue weighted by molar-refractivity contribution is 9.18. The maximum absolute atomic E-state index is 11.0. The predicted molar refractivity (Wildman–Crippen MR) is 42.7 cm³/mol. The largest absolute Gasteiger partial charge is 0.311 e. The zero-order chi connectivity index (χ0) is 7.84. The maximum Gasteiger partial charge on any atom is 0.279 e. The summed E-state index contributed by atoms with van der Waals surface area (Å²) in [6, 6.07) is 0. The second-order valence-corrected chi connectivity index (χ2v) is 2.61. The lowest BCUT2D eigenvalue weighted by molar-refractivity contribution is 1.08. The van der Waals surface area contributed by atoms with Gasteiger partial charge in [-0.05, 0) is 15.9 Å². The molecular weight excluding hydrogens is 212 g/mol. The van der Waals surface area contributed by atoms with E-state index in [4.69, 9.17) is 0 Å². The van der Waals surface area contributed by atoms with Crippen molar-refractivity contribution in [1.82, 2.24) is 15.3 Å². The monoisotopic (exact) mass is 213 g/mol. The molecule has 0 aliphatic carbocycles. The Labute approximate surface area is 69.7 Å². The lowest BCUT2D eigenvalue weighted by Gasteiger charge is -1.89. The summed E-state index contributed by atoms with van der Waals surface area (Å²) in [6.07, 6.45) is 1.30. The fraction of sp³-hybridized carbons (Fsp3) is 0. The van der Waals surface area contributed by atoms with Crippen molar-refractivity contribution in [2.24, 2.45) is 4.99 Å². The van der Waals surface area contributed by atoms with Crippen LogP contribution < -0.4 is 10.9 Å². The van der Waals surface area contributed by atoms with Gasteiger partial charge in [0, 0.05) is 0 Å². The maximum atomic E-state index is 11.0. The minimum Gasteiger partial charge on any atom is -0.311 e. The van der Waals surface area contributed by atoms with Gasteiger partial charge in [-0.25, -0.2) is 15.3 Å². The van der Waals surface area contributed by atoms with Crippen molar-refractivity contribution in [2.45, 2.75) is 0 Å². The fourth-order valence-electron chi connectivity index (χ4n) is 0.770. The summed E-state index contributed by atoms with van der Waals surface area (Å²) < 4.78 is 0.386. The van der Waals surface area contributed by atoms with Crippen LogP contribution in [0.15, 0.2) is 16.1 Å². The number of hydrogen-bond donors (Lipinski definition) is 1. The molecule has 0 bridgehead atoms. The van der Waals surface area contributed by atoms with Crippen molar-refractivity contribution in [1.29, 1.82) is 0 Å². The van der Waals surface area contributed by atoms with Crippen molar-refractivity contribution in [3.05, 3.63) is 16.7 Å². The summed E-state index contributed by atoms with van der Waals surface area (Å²) in [5, 5.41) is 3.85. The van der Waals surface area contributed by atoms with Gasteiger partial charge in [0.15, 0.2) is 16.3 Å². The molecule has 1 aliphatic heterocycles. The van der Waals surface area contributed by atoms with Crippen LogP contribution in [0, 0.1) is 0 Å². The van der Waals surface area contributed by atoms with Crippen molar-refractivity contribution in [3.8, 4) is 0 Å². The summed E-state index contributed by atoms with van der Waals surface area (Å²) in [5.74, 6) is 0.362. The highest BCUT2D eigenvalue weighted by Gasteiger charge is 2.17. The van der Waals surface area contributed by atoms with Crippen LogP contribution >= 0.6 is 15.9 Å². The molecule has 55 valence electrons. The van der Waals surface area contributed by atoms with E-state index in [0.29, 0.717) is 10.6 Å². The molecule has 0 unspecified atom stereocenters. The van der Waals surface area contributed by atoms with E-state index in [1.165, 1.54) is 6.33 Å². The van der Waals surface area contributed by atoms with Crippen molar-refractivity contribution in [2.75, 3.05) is 0 Å². The van der Waals surface area contributed by atoms with E-state index in [1.54, 1.807) is 0 Å². The van der Waals surface area contributed by atoms with Crippen molar-refractivity contribution >= 4 is 32.2 Å². The van der Waals surface area contributed by atoms with Crippen LogP contribution in [0.4, 0.5) is 11.5 Å². The number of aliphatic imine (C=N–C) groups is 1. The Kier molecular flexibility index (Phi) is 1.28. The SMILES string of the molecule is O=c1[nH]cnc2c1N=C(Br)[N]2. The first-order chi connectivity index (χ1) is 5.27. The third kappa shape index (κ3) is 0.949. The third-order valence-electron chi connectivity index (χ3n) is 1.21. The molecule has 2 heterocycles. The number of aromatic nitrogens is 2. The number of nitrogens with one attached hydrogen (secondary N) is 1. The molecule has 0 spiro atoms. The van der Waals surface area contributed by atoms with E-state index in [1.807, 2.05) is 0 Å². The molecule has 0 amide bonds. The molecule has 1 aromatic heterocycles. The van der Waals surface area contributed by atoms with Gasteiger partial charge in [-0.2, -0.15) is 0 Å². The van der Waals surface area contributed by atoms with Crippen LogP contribution in [0.1, 0.15) is 0 Å². The van der Waals surface area contributed by atoms with Crippen molar-refractivity contribution in [3.63, 3.8) is 0 Å². The number of fused-ring (bicyclic) bond motifs is 1. The summed E-state index contributed by atoms with van der Waals surface area (Å²) >= 11 is 3.04. The predicted octanol–water partition coefficient (Wildman–Crippen LogP) is 0.402. The quantitative estimate of drug-likeness (QED) is 0.635. The second-order valence-electron chi connectivity index (χ2n) is 1.90. The molecule has 1 N–H and O–H groups in total. The topological polar surface area (TPSA) is 72.2 Å². The zero-order valence-electron chi connectivity index (χ0n) is 5.21. The molecule has 0 aromatic carbocycles. The molecule has 1 aliphatic rings. The highest BCUT2D eigenvalue weighted by Crippen LogP contribution is 2.23. The summed E-state index contributed by atoms with van der Waals surface area (Å²) in [5.41, 5.74) is -0.00687. The number of amidine groups is 1. The average molecular weight is 214 g/mol. The number of hydrogen-bond acceptors (Lipinski definition) is 3. The Morgan fingerprint density at radius 3 is 3.09 bits per heavy atom. The molecule has 0 atom stereocenters. The minimum atomic E-state index is -0.270. The van der Waals surface area contributed by atoms with E-state index in [-0.39, 0.29) is 11.2 Å². The third-order valence-corrected chi connectivity index (χ3v) is 1.57. The molecule has 0 saturated carbocycles. The smallest absolute Gasteiger partial charge is 0.279 e. The first kappa shape index (κ1) is 6.53. The van der Waals surface area contributed by atoms with Gasteiger partial charge >= 0.3 is 0 Å². The summed E-state index contributed by atoms with van der Waals surface area (Å²) in [4.78, 5) is 21.0. The molecule has 6 heteroatoms. The van der Waals surface area contributed by atoms with E-state index in [2.05, 4.69) is 36.2 Å². The van der Waals surface area contributed by atoms with Gasteiger partial charge in [0.25, 0.3) is 5.56 Å². The molecule has 5 nitrogen and oxygen atoms in total. The first-order valence-corrected chi connectivity index (χ1v) is 3.60. The number of rotatable bonds is 0. The van der Waals surface area contributed by atoms with Gasteiger partial charge < -0.3 is 4.98 Å². The Hall–Kier alpha value is -1.17. The Morgan fingerprint density at radius 1 is 1.55 bits per heavy atom. The minimum absolute atomic E-state index is 0.263. The van der Waals surface area contributed by atoms with Crippen LogP contribution in [-0.4, -0.2) is 14.7 Å². The van der Waals surface area contributed by atoms with Crippen LogP contribution in [0.25, 0.3) is 0 Å². The molecule has 1 radical (unpaired) electrons. The molecule has 2 rings (SSSR count). The van der Waals surface area contributed by atoms with Gasteiger partial charge in [-0.3, -0.25) is 4.79 Å². The zero-order valence-corrected chi connectivity index (χ0v) is 6.79. The Morgan fingerprint density at radius 2 is 2.36 bits per heavy atom.